The SMILES string of the molecule is C[C@H](C(=O)NC1CCCC1)N(Cc1ccc(Cl)cc1)C(=O)Cc1c(Cl)cccc1Cl. The van der Waals surface area contributed by atoms with E-state index in [1.54, 1.807) is 42.2 Å². The van der Waals surface area contributed by atoms with Crippen molar-refractivity contribution in [1.29, 1.82) is 0 Å². The molecule has 0 spiro atoms. The third kappa shape index (κ3) is 5.90. The van der Waals surface area contributed by atoms with Gasteiger partial charge in [0.2, 0.25) is 11.8 Å². The maximum Gasteiger partial charge on any atom is 0.242 e. The average molecular weight is 468 g/mol. The molecule has 1 aliphatic carbocycles. The quantitative estimate of drug-likeness (QED) is 0.571. The molecular formula is C23H25Cl3N2O2. The first-order chi connectivity index (χ1) is 14.3. The number of rotatable bonds is 7. The van der Waals surface area contributed by atoms with Gasteiger partial charge in [-0.25, -0.2) is 0 Å². The largest absolute Gasteiger partial charge is 0.352 e. The van der Waals surface area contributed by atoms with E-state index in [9.17, 15) is 9.59 Å². The predicted molar refractivity (Wildman–Crippen MR) is 122 cm³/mol. The molecule has 0 radical (unpaired) electrons. The number of nitrogens with zero attached hydrogens (tertiary/aromatic N) is 1. The zero-order valence-corrected chi connectivity index (χ0v) is 19.1. The van der Waals surface area contributed by atoms with Gasteiger partial charge in [0.1, 0.15) is 6.04 Å². The molecular weight excluding hydrogens is 443 g/mol. The third-order valence-corrected chi connectivity index (χ3v) is 6.48. The lowest BCUT2D eigenvalue weighted by molar-refractivity contribution is -0.140. The molecule has 1 N–H and O–H groups in total. The molecule has 3 rings (SSSR count). The zero-order valence-electron chi connectivity index (χ0n) is 16.8. The molecule has 4 nitrogen and oxygen atoms in total. The Labute approximate surface area is 192 Å². The lowest BCUT2D eigenvalue weighted by atomic mass is 10.1. The van der Waals surface area contributed by atoms with Gasteiger partial charge in [-0.15, -0.1) is 0 Å². The predicted octanol–water partition coefficient (Wildman–Crippen LogP) is 5.67. The normalized spacial score (nSPS) is 15.1. The molecule has 0 bridgehead atoms. The van der Waals surface area contributed by atoms with Gasteiger partial charge in [0.05, 0.1) is 6.42 Å². The molecule has 0 unspecified atom stereocenters. The second-order valence-electron chi connectivity index (χ2n) is 7.69. The highest BCUT2D eigenvalue weighted by atomic mass is 35.5. The van der Waals surface area contributed by atoms with Crippen LogP contribution in [0.5, 0.6) is 0 Å². The van der Waals surface area contributed by atoms with E-state index in [1.807, 2.05) is 12.1 Å². The van der Waals surface area contributed by atoms with Gasteiger partial charge in [0.25, 0.3) is 0 Å². The number of benzene rings is 2. The monoisotopic (exact) mass is 466 g/mol. The highest BCUT2D eigenvalue weighted by molar-refractivity contribution is 6.36. The Balaban J connectivity index is 1.80. The lowest BCUT2D eigenvalue weighted by Gasteiger charge is -2.30. The second kappa shape index (κ2) is 10.5. The van der Waals surface area contributed by atoms with Gasteiger partial charge in [-0.2, -0.15) is 0 Å². The fourth-order valence-corrected chi connectivity index (χ4v) is 4.37. The molecule has 0 aromatic heterocycles. The lowest BCUT2D eigenvalue weighted by Crippen LogP contribution is -2.50. The molecule has 0 saturated heterocycles. The summed E-state index contributed by atoms with van der Waals surface area (Å²) in [4.78, 5) is 27.7. The Hall–Kier alpha value is -1.75. The molecule has 0 aliphatic heterocycles. The zero-order chi connectivity index (χ0) is 21.7. The number of hydrogen-bond donors (Lipinski definition) is 1. The summed E-state index contributed by atoms with van der Waals surface area (Å²) in [5.74, 6) is -0.358. The van der Waals surface area contributed by atoms with Crippen molar-refractivity contribution in [2.24, 2.45) is 0 Å². The Morgan fingerprint density at radius 3 is 2.23 bits per heavy atom. The molecule has 30 heavy (non-hydrogen) atoms. The first kappa shape index (κ1) is 22.9. The van der Waals surface area contributed by atoms with Crippen molar-refractivity contribution < 1.29 is 9.59 Å². The summed E-state index contributed by atoms with van der Waals surface area (Å²) in [5.41, 5.74) is 1.45. The molecule has 1 saturated carbocycles. The maximum atomic E-state index is 13.3. The van der Waals surface area contributed by atoms with Gasteiger partial charge in [-0.3, -0.25) is 9.59 Å². The molecule has 160 valence electrons. The van der Waals surface area contributed by atoms with Crippen LogP contribution in [-0.2, 0) is 22.6 Å². The minimum absolute atomic E-state index is 0.0210. The summed E-state index contributed by atoms with van der Waals surface area (Å²) in [7, 11) is 0. The number of halogens is 3. The number of carbonyl (C=O) groups is 2. The van der Waals surface area contributed by atoms with Crippen molar-refractivity contribution in [3.63, 3.8) is 0 Å². The molecule has 1 fully saturated rings. The van der Waals surface area contributed by atoms with Crippen LogP contribution in [0.15, 0.2) is 42.5 Å². The van der Waals surface area contributed by atoms with Gasteiger partial charge in [0, 0.05) is 27.7 Å². The molecule has 0 heterocycles. The fraction of sp³-hybridized carbons (Fsp3) is 0.391. The Morgan fingerprint density at radius 1 is 1.03 bits per heavy atom. The first-order valence-electron chi connectivity index (χ1n) is 10.1. The van der Waals surface area contributed by atoms with Crippen LogP contribution < -0.4 is 5.32 Å². The molecule has 1 aliphatic rings. The summed E-state index contributed by atoms with van der Waals surface area (Å²) >= 11 is 18.5. The van der Waals surface area contributed by atoms with E-state index in [0.717, 1.165) is 31.2 Å². The van der Waals surface area contributed by atoms with Crippen LogP contribution in [0.2, 0.25) is 15.1 Å². The van der Waals surface area contributed by atoms with Gasteiger partial charge in [-0.1, -0.05) is 65.8 Å². The van der Waals surface area contributed by atoms with E-state index in [4.69, 9.17) is 34.8 Å². The van der Waals surface area contributed by atoms with Crippen LogP contribution in [0, 0.1) is 0 Å². The molecule has 2 amide bonds. The Morgan fingerprint density at radius 2 is 1.63 bits per heavy atom. The van der Waals surface area contributed by atoms with Crippen LogP contribution in [-0.4, -0.2) is 28.8 Å². The smallest absolute Gasteiger partial charge is 0.242 e. The second-order valence-corrected chi connectivity index (χ2v) is 8.94. The van der Waals surface area contributed by atoms with Gasteiger partial charge in [0.15, 0.2) is 0 Å². The van der Waals surface area contributed by atoms with Crippen LogP contribution >= 0.6 is 34.8 Å². The van der Waals surface area contributed by atoms with Crippen LogP contribution in [0.4, 0.5) is 0 Å². The van der Waals surface area contributed by atoms with Crippen molar-refractivity contribution in [3.05, 3.63) is 68.7 Å². The number of hydrogen-bond acceptors (Lipinski definition) is 2. The van der Waals surface area contributed by atoms with Crippen molar-refractivity contribution in [1.82, 2.24) is 10.2 Å². The van der Waals surface area contributed by atoms with E-state index in [-0.39, 0.29) is 30.8 Å². The first-order valence-corrected chi connectivity index (χ1v) is 11.3. The topological polar surface area (TPSA) is 49.4 Å². The van der Waals surface area contributed by atoms with E-state index >= 15 is 0 Å². The molecule has 1 atom stereocenters. The minimum atomic E-state index is -0.630. The fourth-order valence-electron chi connectivity index (χ4n) is 3.72. The summed E-state index contributed by atoms with van der Waals surface area (Å²) in [6.45, 7) is 2.05. The number of nitrogens with one attached hydrogen (secondary N) is 1. The summed E-state index contributed by atoms with van der Waals surface area (Å²) < 4.78 is 0. The highest BCUT2D eigenvalue weighted by Gasteiger charge is 2.29. The standard InChI is InChI=1S/C23H25Cl3N2O2/c1-15(23(30)27-18-5-2-3-6-18)28(14-16-9-11-17(24)12-10-16)22(29)13-19-20(25)7-4-8-21(19)26/h4,7-12,15,18H,2-3,5-6,13-14H2,1H3,(H,27,30)/t15-/m1/s1. The van der Waals surface area contributed by atoms with Crippen LogP contribution in [0.3, 0.4) is 0 Å². The molecule has 2 aromatic carbocycles. The van der Waals surface area contributed by atoms with Gasteiger partial charge in [-0.05, 0) is 55.2 Å². The van der Waals surface area contributed by atoms with Crippen molar-refractivity contribution >= 4 is 46.6 Å². The Bertz CT molecular complexity index is 876. The Kier molecular flexibility index (Phi) is 8.04. The molecule has 2 aromatic rings. The summed E-state index contributed by atoms with van der Waals surface area (Å²) in [5, 5.41) is 4.58. The van der Waals surface area contributed by atoms with E-state index in [1.165, 1.54) is 0 Å². The number of carbonyl (C=O) groups excluding carboxylic acids is 2. The van der Waals surface area contributed by atoms with Crippen LogP contribution in [0.25, 0.3) is 0 Å². The molecule has 7 heteroatoms. The van der Waals surface area contributed by atoms with Crippen molar-refractivity contribution in [2.45, 2.75) is 57.7 Å². The van der Waals surface area contributed by atoms with Gasteiger partial charge < -0.3 is 10.2 Å². The van der Waals surface area contributed by atoms with Crippen LogP contribution in [0.1, 0.15) is 43.7 Å². The van der Waals surface area contributed by atoms with Crippen molar-refractivity contribution in [3.8, 4) is 0 Å². The van der Waals surface area contributed by atoms with Gasteiger partial charge >= 0.3 is 0 Å². The summed E-state index contributed by atoms with van der Waals surface area (Å²) in [6.07, 6.45) is 4.24. The minimum Gasteiger partial charge on any atom is -0.352 e. The van der Waals surface area contributed by atoms with E-state index < -0.39 is 6.04 Å². The van der Waals surface area contributed by atoms with E-state index in [0.29, 0.717) is 20.6 Å². The average Bonchev–Trinajstić information content (AvgIpc) is 3.22. The summed E-state index contributed by atoms with van der Waals surface area (Å²) in [6, 6.07) is 12.0. The van der Waals surface area contributed by atoms with Crippen molar-refractivity contribution in [2.75, 3.05) is 0 Å². The third-order valence-electron chi connectivity index (χ3n) is 5.52. The number of amides is 2. The van der Waals surface area contributed by atoms with E-state index in [2.05, 4.69) is 5.32 Å². The maximum absolute atomic E-state index is 13.3. The highest BCUT2D eigenvalue weighted by Crippen LogP contribution is 2.26.